The number of nitriles is 1. The standard InChI is InChI=1S/C20H14N4O2S/c21-13-14-5-4-8-16(11-14)24-27(25,26)17-9-10-18-19(12-17)23-20(22-18)15-6-2-1-3-7-15/h1-12,24H,(H,22,23). The molecule has 0 saturated carbocycles. The Kier molecular flexibility index (Phi) is 4.11. The fraction of sp³-hybridized carbons (Fsp3) is 0. The molecule has 132 valence electrons. The van der Waals surface area contributed by atoms with Crippen molar-refractivity contribution in [3.63, 3.8) is 0 Å². The van der Waals surface area contributed by atoms with Crippen molar-refractivity contribution in [3.8, 4) is 17.5 Å². The third-order valence-corrected chi connectivity index (χ3v) is 5.43. The maximum Gasteiger partial charge on any atom is 0.261 e. The molecule has 0 spiro atoms. The summed E-state index contributed by atoms with van der Waals surface area (Å²) in [4.78, 5) is 7.78. The number of hydrogen-bond donors (Lipinski definition) is 2. The molecule has 7 heteroatoms. The summed E-state index contributed by atoms with van der Waals surface area (Å²) in [6, 6.07) is 22.6. The fourth-order valence-corrected chi connectivity index (χ4v) is 3.83. The first kappa shape index (κ1) is 16.8. The zero-order valence-corrected chi connectivity index (χ0v) is 14.9. The molecule has 0 aliphatic heterocycles. The Labute approximate surface area is 156 Å². The molecule has 1 heterocycles. The van der Waals surface area contributed by atoms with Gasteiger partial charge in [-0.15, -0.1) is 0 Å². The van der Waals surface area contributed by atoms with E-state index in [-0.39, 0.29) is 4.90 Å². The second kappa shape index (κ2) is 6.59. The van der Waals surface area contributed by atoms with Crippen molar-refractivity contribution < 1.29 is 8.42 Å². The Hall–Kier alpha value is -3.63. The molecule has 4 aromatic rings. The van der Waals surface area contributed by atoms with Gasteiger partial charge in [-0.3, -0.25) is 4.72 Å². The van der Waals surface area contributed by atoms with E-state index in [1.54, 1.807) is 30.3 Å². The van der Waals surface area contributed by atoms with Gasteiger partial charge in [0, 0.05) is 5.56 Å². The molecule has 0 bridgehead atoms. The summed E-state index contributed by atoms with van der Waals surface area (Å²) in [5.74, 6) is 0.676. The van der Waals surface area contributed by atoms with Crippen molar-refractivity contribution in [2.24, 2.45) is 0 Å². The van der Waals surface area contributed by atoms with Gasteiger partial charge in [0.15, 0.2) is 0 Å². The minimum Gasteiger partial charge on any atom is -0.338 e. The van der Waals surface area contributed by atoms with Gasteiger partial charge in [0.25, 0.3) is 10.0 Å². The number of aromatic nitrogens is 2. The highest BCUT2D eigenvalue weighted by Gasteiger charge is 2.16. The van der Waals surface area contributed by atoms with Gasteiger partial charge in [-0.2, -0.15) is 5.26 Å². The Balaban J connectivity index is 1.69. The predicted molar refractivity (Wildman–Crippen MR) is 103 cm³/mol. The number of anilines is 1. The van der Waals surface area contributed by atoms with Crippen LogP contribution in [0.25, 0.3) is 22.4 Å². The van der Waals surface area contributed by atoms with Gasteiger partial charge in [-0.25, -0.2) is 13.4 Å². The molecule has 0 aliphatic rings. The van der Waals surface area contributed by atoms with E-state index in [4.69, 9.17) is 5.26 Å². The normalized spacial score (nSPS) is 11.2. The van der Waals surface area contributed by atoms with Crippen LogP contribution in [0.3, 0.4) is 0 Å². The maximum absolute atomic E-state index is 12.7. The second-order valence-electron chi connectivity index (χ2n) is 5.93. The van der Waals surface area contributed by atoms with Crippen LogP contribution in [0.15, 0.2) is 77.7 Å². The van der Waals surface area contributed by atoms with Crippen LogP contribution in [-0.4, -0.2) is 18.4 Å². The number of fused-ring (bicyclic) bond motifs is 1. The average molecular weight is 374 g/mol. The third-order valence-electron chi connectivity index (χ3n) is 4.05. The lowest BCUT2D eigenvalue weighted by atomic mass is 10.2. The lowest BCUT2D eigenvalue weighted by molar-refractivity contribution is 0.601. The van der Waals surface area contributed by atoms with Crippen LogP contribution < -0.4 is 4.72 Å². The number of rotatable bonds is 4. The lowest BCUT2D eigenvalue weighted by Crippen LogP contribution is -2.12. The molecule has 0 amide bonds. The molecule has 0 saturated heterocycles. The van der Waals surface area contributed by atoms with E-state index >= 15 is 0 Å². The van der Waals surface area contributed by atoms with Crippen molar-refractivity contribution in [1.29, 1.82) is 5.26 Å². The molecule has 0 radical (unpaired) electrons. The highest BCUT2D eigenvalue weighted by atomic mass is 32.2. The number of H-pyrrole nitrogens is 1. The van der Waals surface area contributed by atoms with E-state index in [9.17, 15) is 8.42 Å². The monoisotopic (exact) mass is 374 g/mol. The van der Waals surface area contributed by atoms with Crippen LogP contribution in [0.5, 0.6) is 0 Å². The van der Waals surface area contributed by atoms with Gasteiger partial charge in [0.1, 0.15) is 5.82 Å². The summed E-state index contributed by atoms with van der Waals surface area (Å²) >= 11 is 0. The molecule has 0 unspecified atom stereocenters. The molecule has 1 aromatic heterocycles. The van der Waals surface area contributed by atoms with Crippen LogP contribution in [0.2, 0.25) is 0 Å². The molecule has 6 nitrogen and oxygen atoms in total. The van der Waals surface area contributed by atoms with Gasteiger partial charge in [0.05, 0.1) is 33.2 Å². The van der Waals surface area contributed by atoms with E-state index in [0.29, 0.717) is 28.1 Å². The minimum absolute atomic E-state index is 0.112. The van der Waals surface area contributed by atoms with Crippen molar-refractivity contribution >= 4 is 26.7 Å². The van der Waals surface area contributed by atoms with E-state index < -0.39 is 10.0 Å². The van der Waals surface area contributed by atoms with E-state index in [1.165, 1.54) is 12.1 Å². The summed E-state index contributed by atoms with van der Waals surface area (Å²) in [6.45, 7) is 0. The van der Waals surface area contributed by atoms with Crippen LogP contribution >= 0.6 is 0 Å². The zero-order chi connectivity index (χ0) is 18.9. The van der Waals surface area contributed by atoms with Gasteiger partial charge in [-0.05, 0) is 36.4 Å². The summed E-state index contributed by atoms with van der Waals surface area (Å²) < 4.78 is 27.9. The van der Waals surface area contributed by atoms with Crippen LogP contribution in [0, 0.1) is 11.3 Å². The first-order valence-electron chi connectivity index (χ1n) is 8.13. The molecule has 27 heavy (non-hydrogen) atoms. The average Bonchev–Trinajstić information content (AvgIpc) is 3.12. The highest BCUT2D eigenvalue weighted by Crippen LogP contribution is 2.24. The smallest absolute Gasteiger partial charge is 0.261 e. The molecule has 0 atom stereocenters. The first-order chi connectivity index (χ1) is 13.0. The molecular formula is C20H14N4O2S. The largest absolute Gasteiger partial charge is 0.338 e. The highest BCUT2D eigenvalue weighted by molar-refractivity contribution is 7.92. The molecule has 4 rings (SSSR count). The first-order valence-corrected chi connectivity index (χ1v) is 9.62. The van der Waals surface area contributed by atoms with Crippen molar-refractivity contribution in [3.05, 3.63) is 78.4 Å². The third kappa shape index (κ3) is 3.38. The molecule has 0 fully saturated rings. The zero-order valence-electron chi connectivity index (χ0n) is 14.0. The summed E-state index contributed by atoms with van der Waals surface area (Å²) in [5, 5.41) is 8.95. The van der Waals surface area contributed by atoms with Crippen LogP contribution in [0.1, 0.15) is 5.56 Å². The Morgan fingerprint density at radius 3 is 2.56 bits per heavy atom. The van der Waals surface area contributed by atoms with Crippen LogP contribution in [0.4, 0.5) is 5.69 Å². The predicted octanol–water partition coefficient (Wildman–Crippen LogP) is 3.90. The lowest BCUT2D eigenvalue weighted by Gasteiger charge is -2.08. The van der Waals surface area contributed by atoms with Crippen molar-refractivity contribution in [2.45, 2.75) is 4.90 Å². The maximum atomic E-state index is 12.7. The Morgan fingerprint density at radius 1 is 0.963 bits per heavy atom. The molecule has 0 aliphatic carbocycles. The van der Waals surface area contributed by atoms with E-state index in [1.807, 2.05) is 36.4 Å². The summed E-state index contributed by atoms with van der Waals surface area (Å²) in [7, 11) is -3.79. The summed E-state index contributed by atoms with van der Waals surface area (Å²) in [5.41, 5.74) is 2.95. The van der Waals surface area contributed by atoms with E-state index in [0.717, 1.165) is 5.56 Å². The Bertz CT molecular complexity index is 1270. The van der Waals surface area contributed by atoms with Gasteiger partial charge < -0.3 is 4.98 Å². The number of imidazole rings is 1. The Morgan fingerprint density at radius 2 is 1.78 bits per heavy atom. The quantitative estimate of drug-likeness (QED) is 0.566. The summed E-state index contributed by atoms with van der Waals surface area (Å²) in [6.07, 6.45) is 0. The minimum atomic E-state index is -3.79. The van der Waals surface area contributed by atoms with Gasteiger partial charge in [-0.1, -0.05) is 36.4 Å². The number of aromatic amines is 1. The number of sulfonamides is 1. The topological polar surface area (TPSA) is 98.6 Å². The van der Waals surface area contributed by atoms with E-state index in [2.05, 4.69) is 14.7 Å². The molecular weight excluding hydrogens is 360 g/mol. The molecule has 3 aromatic carbocycles. The second-order valence-corrected chi connectivity index (χ2v) is 7.61. The van der Waals surface area contributed by atoms with Crippen molar-refractivity contribution in [1.82, 2.24) is 9.97 Å². The SMILES string of the molecule is N#Cc1cccc(NS(=O)(=O)c2ccc3nc(-c4ccccc4)[nH]c3c2)c1. The number of nitrogens with zero attached hydrogens (tertiary/aromatic N) is 2. The molecule has 2 N–H and O–H groups in total. The van der Waals surface area contributed by atoms with Crippen LogP contribution in [-0.2, 0) is 10.0 Å². The fourth-order valence-electron chi connectivity index (χ4n) is 2.75. The van der Waals surface area contributed by atoms with Gasteiger partial charge >= 0.3 is 0 Å². The number of nitrogens with one attached hydrogen (secondary N) is 2. The number of benzene rings is 3. The number of hydrogen-bond acceptors (Lipinski definition) is 4. The van der Waals surface area contributed by atoms with Gasteiger partial charge in [0.2, 0.25) is 0 Å². The van der Waals surface area contributed by atoms with Crippen molar-refractivity contribution in [2.75, 3.05) is 4.72 Å².